The third-order valence-corrected chi connectivity index (χ3v) is 7.73. The fraction of sp³-hybridized carbons (Fsp3) is 0.517. The predicted molar refractivity (Wildman–Crippen MR) is 153 cm³/mol. The number of fused-ring (bicyclic) bond motifs is 2. The maximum absolute atomic E-state index is 13.8. The first-order valence-electron chi connectivity index (χ1n) is 13.5. The van der Waals surface area contributed by atoms with Crippen molar-refractivity contribution in [3.8, 4) is 5.75 Å². The van der Waals surface area contributed by atoms with Crippen molar-refractivity contribution >= 4 is 35.5 Å². The minimum Gasteiger partial charge on any atom is -0.497 e. The van der Waals surface area contributed by atoms with Gasteiger partial charge in [0.1, 0.15) is 31.0 Å². The molecule has 3 rings (SSSR count). The van der Waals surface area contributed by atoms with Gasteiger partial charge in [0, 0.05) is 24.3 Å². The maximum Gasteiger partial charge on any atom is 0.328 e. The first-order chi connectivity index (χ1) is 19.5. The number of nitrogens with one attached hydrogen (secondary N) is 2. The summed E-state index contributed by atoms with van der Waals surface area (Å²) in [5.74, 6) is -2.10. The van der Waals surface area contributed by atoms with Crippen LogP contribution in [0, 0.1) is 11.8 Å². The lowest BCUT2D eigenvalue weighted by molar-refractivity contribution is -0.152. The Bertz CT molecular complexity index is 1100. The van der Waals surface area contributed by atoms with Crippen molar-refractivity contribution in [2.75, 3.05) is 40.6 Å². The summed E-state index contributed by atoms with van der Waals surface area (Å²) in [6, 6.07) is 5.38. The highest BCUT2D eigenvalue weighted by molar-refractivity contribution is 8.00. The van der Waals surface area contributed by atoms with E-state index in [-0.39, 0.29) is 49.4 Å². The van der Waals surface area contributed by atoms with Crippen molar-refractivity contribution in [1.29, 1.82) is 0 Å². The summed E-state index contributed by atoms with van der Waals surface area (Å²) in [5, 5.41) is 4.86. The summed E-state index contributed by atoms with van der Waals surface area (Å²) >= 11 is 1.29. The third kappa shape index (κ3) is 8.74. The van der Waals surface area contributed by atoms with Crippen molar-refractivity contribution in [3.63, 3.8) is 0 Å². The van der Waals surface area contributed by atoms with Crippen LogP contribution in [0.4, 0.5) is 0 Å². The zero-order valence-corrected chi connectivity index (χ0v) is 25.1. The topological polar surface area (TPSA) is 132 Å². The lowest BCUT2D eigenvalue weighted by atomic mass is 9.98. The van der Waals surface area contributed by atoms with E-state index in [0.717, 1.165) is 4.90 Å². The molecule has 1 saturated heterocycles. The summed E-state index contributed by atoms with van der Waals surface area (Å²) in [4.78, 5) is 55.6. The Labute approximate surface area is 245 Å². The molecule has 0 saturated carbocycles. The standard InChI is InChI=1S/C29H39N3O8S/c1-17(2)23-28(35)39-13-11-38-12-14-40-29(36)24(18(3)4)31-27(34)22-16-32(5)15-21(26(33)30-23)25(22)41-20-9-7-19(37-6)8-10-20/h7-10,15-18,23-25H,11-14H2,1-6H3,(H,30,33)(H,31,34)/t23-,24-/m0/s1. The number of ether oxygens (including phenoxy) is 4. The van der Waals surface area contributed by atoms with E-state index in [1.165, 1.54) is 11.8 Å². The summed E-state index contributed by atoms with van der Waals surface area (Å²) in [6.07, 6.45) is 3.24. The number of hydrogen-bond acceptors (Lipinski definition) is 10. The van der Waals surface area contributed by atoms with Crippen LogP contribution in [0.25, 0.3) is 0 Å². The van der Waals surface area contributed by atoms with Crippen molar-refractivity contribution in [2.45, 2.75) is 49.9 Å². The van der Waals surface area contributed by atoms with E-state index in [1.54, 1.807) is 71.3 Å². The van der Waals surface area contributed by atoms with E-state index in [1.807, 2.05) is 12.1 Å². The van der Waals surface area contributed by atoms with Crippen molar-refractivity contribution in [1.82, 2.24) is 15.5 Å². The molecule has 2 heterocycles. The van der Waals surface area contributed by atoms with Gasteiger partial charge in [-0.15, -0.1) is 11.8 Å². The van der Waals surface area contributed by atoms with Gasteiger partial charge in [-0.1, -0.05) is 27.7 Å². The summed E-state index contributed by atoms with van der Waals surface area (Å²) in [7, 11) is 3.26. The smallest absolute Gasteiger partial charge is 0.328 e. The Morgan fingerprint density at radius 1 is 0.805 bits per heavy atom. The Kier molecular flexibility index (Phi) is 11.7. The quantitative estimate of drug-likeness (QED) is 0.493. The van der Waals surface area contributed by atoms with Crippen LogP contribution in [0.3, 0.4) is 0 Å². The molecule has 2 atom stereocenters. The van der Waals surface area contributed by atoms with E-state index in [0.29, 0.717) is 5.75 Å². The van der Waals surface area contributed by atoms with Crippen LogP contribution in [0.5, 0.6) is 5.75 Å². The van der Waals surface area contributed by atoms with Crippen LogP contribution >= 0.6 is 11.8 Å². The number of nitrogens with zero attached hydrogens (tertiary/aromatic N) is 1. The molecule has 1 aromatic carbocycles. The number of esters is 2. The number of thioether (sulfide) groups is 1. The van der Waals surface area contributed by atoms with Gasteiger partial charge >= 0.3 is 11.9 Å². The minimum atomic E-state index is -0.923. The number of carbonyl (C=O) groups is 4. The van der Waals surface area contributed by atoms with Crippen LogP contribution < -0.4 is 15.4 Å². The third-order valence-electron chi connectivity index (χ3n) is 6.45. The molecule has 0 aliphatic carbocycles. The molecule has 1 aromatic rings. The normalized spacial score (nSPS) is 22.1. The van der Waals surface area contributed by atoms with Crippen LogP contribution in [0.2, 0.25) is 0 Å². The van der Waals surface area contributed by atoms with E-state index < -0.39 is 41.1 Å². The van der Waals surface area contributed by atoms with Gasteiger partial charge < -0.3 is 34.5 Å². The number of carbonyl (C=O) groups excluding carboxylic acids is 4. The molecular weight excluding hydrogens is 550 g/mol. The van der Waals surface area contributed by atoms with Crippen molar-refractivity contribution < 1.29 is 38.1 Å². The molecule has 0 unspecified atom stereocenters. The molecule has 0 aromatic heterocycles. The lowest BCUT2D eigenvalue weighted by Crippen LogP contribution is -2.50. The Hall–Kier alpha value is -3.51. The van der Waals surface area contributed by atoms with Crippen LogP contribution in [-0.4, -0.2) is 86.6 Å². The van der Waals surface area contributed by atoms with Gasteiger partial charge in [0.2, 0.25) is 0 Å². The van der Waals surface area contributed by atoms with Crippen LogP contribution in [-0.2, 0) is 33.4 Å². The molecule has 2 bridgehead atoms. The second-order valence-electron chi connectivity index (χ2n) is 10.3. The zero-order valence-electron chi connectivity index (χ0n) is 24.3. The molecule has 41 heavy (non-hydrogen) atoms. The monoisotopic (exact) mass is 589 g/mol. The fourth-order valence-corrected chi connectivity index (χ4v) is 5.34. The predicted octanol–water partition coefficient (Wildman–Crippen LogP) is 2.27. The second kappa shape index (κ2) is 14.9. The number of benzene rings is 1. The highest BCUT2D eigenvalue weighted by atomic mass is 32.2. The summed E-state index contributed by atoms with van der Waals surface area (Å²) in [6.45, 7) is 7.36. The Morgan fingerprint density at radius 3 is 1.68 bits per heavy atom. The molecule has 2 aliphatic heterocycles. The maximum atomic E-state index is 13.8. The second-order valence-corrected chi connectivity index (χ2v) is 11.5. The SMILES string of the molecule is COc1ccc(SC2C3=CN(C)C=C2C(=O)N[C@@H](C(C)C)C(=O)OCCOCCOC(=O)[C@H](C(C)C)NC3=O)cc1. The first kappa shape index (κ1) is 32.0. The molecular formula is C29H39N3O8S. The zero-order chi connectivity index (χ0) is 30.1. The minimum absolute atomic E-state index is 0.0230. The Morgan fingerprint density at radius 2 is 1.27 bits per heavy atom. The highest BCUT2D eigenvalue weighted by Gasteiger charge is 2.37. The molecule has 224 valence electrons. The van der Waals surface area contributed by atoms with E-state index >= 15 is 0 Å². The van der Waals surface area contributed by atoms with Gasteiger partial charge in [-0.3, -0.25) is 9.59 Å². The van der Waals surface area contributed by atoms with Gasteiger partial charge in [0.05, 0.1) is 36.7 Å². The largest absolute Gasteiger partial charge is 0.497 e. The average molecular weight is 590 g/mol. The van der Waals surface area contributed by atoms with Gasteiger partial charge in [-0.2, -0.15) is 0 Å². The number of hydrogen-bond donors (Lipinski definition) is 2. The van der Waals surface area contributed by atoms with Gasteiger partial charge in [0.15, 0.2) is 0 Å². The van der Waals surface area contributed by atoms with Crippen molar-refractivity contribution in [3.05, 3.63) is 47.8 Å². The van der Waals surface area contributed by atoms with Gasteiger partial charge in [0.25, 0.3) is 11.8 Å². The molecule has 2 aliphatic rings. The Balaban J connectivity index is 2.02. The number of rotatable bonds is 5. The average Bonchev–Trinajstić information content (AvgIpc) is 2.93. The van der Waals surface area contributed by atoms with Crippen LogP contribution in [0.1, 0.15) is 27.7 Å². The van der Waals surface area contributed by atoms with E-state index in [9.17, 15) is 19.2 Å². The number of amides is 2. The molecule has 1 fully saturated rings. The lowest BCUT2D eigenvalue weighted by Gasteiger charge is -2.31. The molecule has 11 nitrogen and oxygen atoms in total. The highest BCUT2D eigenvalue weighted by Crippen LogP contribution is 2.37. The molecule has 0 spiro atoms. The summed E-state index contributed by atoms with van der Waals surface area (Å²) in [5.41, 5.74) is 0.514. The van der Waals surface area contributed by atoms with Crippen LogP contribution in [0.15, 0.2) is 52.7 Å². The molecule has 2 N–H and O–H groups in total. The van der Waals surface area contributed by atoms with E-state index in [4.69, 9.17) is 18.9 Å². The van der Waals surface area contributed by atoms with E-state index in [2.05, 4.69) is 10.6 Å². The van der Waals surface area contributed by atoms with Crippen molar-refractivity contribution in [2.24, 2.45) is 11.8 Å². The summed E-state index contributed by atoms with van der Waals surface area (Å²) < 4.78 is 21.4. The first-order valence-corrected chi connectivity index (χ1v) is 14.4. The number of cyclic esters (lactones) is 2. The van der Waals surface area contributed by atoms with Gasteiger partial charge in [-0.25, -0.2) is 9.59 Å². The van der Waals surface area contributed by atoms with Gasteiger partial charge in [-0.05, 0) is 36.1 Å². The number of methoxy groups -OCH3 is 1. The molecule has 0 radical (unpaired) electrons. The molecule has 12 heteroatoms. The molecule has 2 amide bonds. The fourth-order valence-electron chi connectivity index (χ4n) is 4.18.